The first-order chi connectivity index (χ1) is 10.1. The smallest absolute Gasteiger partial charge is 0.356 e. The second-order valence-electron chi connectivity index (χ2n) is 5.11. The molecular weight excluding hydrogens is 270 g/mol. The lowest BCUT2D eigenvalue weighted by Crippen LogP contribution is -2.27. The monoisotopic (exact) mass is 285 g/mol. The van der Waals surface area contributed by atoms with E-state index in [0.717, 1.165) is 30.6 Å². The number of benzene rings is 1. The number of carboxylic acids is 1. The molecule has 1 aliphatic carbocycles. The van der Waals surface area contributed by atoms with Crippen molar-refractivity contribution in [3.63, 3.8) is 0 Å². The topological polar surface area (TPSA) is 84.2 Å². The van der Waals surface area contributed by atoms with Crippen LogP contribution in [0.5, 0.6) is 0 Å². The minimum Gasteiger partial charge on any atom is -0.476 e. The quantitative estimate of drug-likeness (QED) is 0.902. The summed E-state index contributed by atoms with van der Waals surface area (Å²) in [6.45, 7) is 0. The third kappa shape index (κ3) is 2.79. The molecule has 0 saturated heterocycles. The van der Waals surface area contributed by atoms with Gasteiger partial charge in [0.25, 0.3) is 0 Å². The molecule has 1 amide bonds. The lowest BCUT2D eigenvalue weighted by molar-refractivity contribution is -0.122. The van der Waals surface area contributed by atoms with E-state index in [9.17, 15) is 9.59 Å². The molecule has 1 aromatic carbocycles. The molecule has 108 valence electrons. The van der Waals surface area contributed by atoms with Crippen molar-refractivity contribution in [2.75, 3.05) is 5.32 Å². The summed E-state index contributed by atoms with van der Waals surface area (Å²) < 4.78 is 1.49. The van der Waals surface area contributed by atoms with Crippen LogP contribution in [0.4, 0.5) is 5.69 Å². The standard InChI is InChI=1S/C15H15N3O3/c19-14(10-2-1-3-10)16-11-4-6-12(7-5-11)18-9-8-13(17-18)15(20)21/h4-10H,1-3H2,(H,16,19)(H,20,21). The fraction of sp³-hybridized carbons (Fsp3) is 0.267. The highest BCUT2D eigenvalue weighted by atomic mass is 16.4. The van der Waals surface area contributed by atoms with Crippen molar-refractivity contribution in [2.45, 2.75) is 19.3 Å². The fourth-order valence-corrected chi connectivity index (χ4v) is 2.19. The summed E-state index contributed by atoms with van der Waals surface area (Å²) in [5, 5.41) is 15.7. The van der Waals surface area contributed by atoms with Crippen LogP contribution in [0.3, 0.4) is 0 Å². The van der Waals surface area contributed by atoms with Gasteiger partial charge in [0, 0.05) is 17.8 Å². The van der Waals surface area contributed by atoms with Crippen molar-refractivity contribution in [1.29, 1.82) is 0 Å². The van der Waals surface area contributed by atoms with E-state index in [1.54, 1.807) is 30.5 Å². The molecule has 1 fully saturated rings. The van der Waals surface area contributed by atoms with E-state index in [1.165, 1.54) is 10.7 Å². The van der Waals surface area contributed by atoms with Crippen molar-refractivity contribution in [3.8, 4) is 5.69 Å². The SMILES string of the molecule is O=C(O)c1ccn(-c2ccc(NC(=O)C3CCC3)cc2)n1. The van der Waals surface area contributed by atoms with Crippen LogP contribution in [-0.4, -0.2) is 26.8 Å². The molecular formula is C15H15N3O3. The van der Waals surface area contributed by atoms with Gasteiger partial charge in [-0.05, 0) is 43.2 Å². The predicted octanol–water partition coefficient (Wildman–Crippen LogP) is 2.31. The molecule has 2 aromatic rings. The first-order valence-electron chi connectivity index (χ1n) is 6.84. The van der Waals surface area contributed by atoms with Gasteiger partial charge in [-0.15, -0.1) is 0 Å². The van der Waals surface area contributed by atoms with Crippen LogP contribution in [0.1, 0.15) is 29.8 Å². The number of amides is 1. The number of carbonyl (C=O) groups excluding carboxylic acids is 1. The summed E-state index contributed by atoms with van der Waals surface area (Å²) in [4.78, 5) is 22.6. The number of rotatable bonds is 4. The van der Waals surface area contributed by atoms with Crippen LogP contribution in [0.2, 0.25) is 0 Å². The summed E-state index contributed by atoms with van der Waals surface area (Å²) in [6.07, 6.45) is 4.65. The average molecular weight is 285 g/mol. The molecule has 0 aliphatic heterocycles. The largest absolute Gasteiger partial charge is 0.476 e. The Kier molecular flexibility index (Phi) is 3.43. The highest BCUT2D eigenvalue weighted by molar-refractivity contribution is 5.93. The molecule has 1 aliphatic rings. The maximum absolute atomic E-state index is 11.8. The molecule has 0 unspecified atom stereocenters. The maximum atomic E-state index is 11.8. The Morgan fingerprint density at radius 2 is 1.90 bits per heavy atom. The zero-order valence-corrected chi connectivity index (χ0v) is 11.3. The Bertz CT molecular complexity index is 672. The first-order valence-corrected chi connectivity index (χ1v) is 6.84. The summed E-state index contributed by atoms with van der Waals surface area (Å²) in [5.74, 6) is -0.840. The van der Waals surface area contributed by atoms with Gasteiger partial charge in [-0.2, -0.15) is 5.10 Å². The van der Waals surface area contributed by atoms with E-state index in [2.05, 4.69) is 10.4 Å². The highest BCUT2D eigenvalue weighted by Gasteiger charge is 2.25. The third-order valence-corrected chi connectivity index (χ3v) is 3.68. The minimum atomic E-state index is -1.06. The third-order valence-electron chi connectivity index (χ3n) is 3.68. The van der Waals surface area contributed by atoms with E-state index in [4.69, 9.17) is 5.11 Å². The van der Waals surface area contributed by atoms with Crippen LogP contribution < -0.4 is 5.32 Å². The van der Waals surface area contributed by atoms with Gasteiger partial charge in [0.05, 0.1) is 5.69 Å². The number of carboxylic acid groups (broad SMARTS) is 1. The normalized spacial score (nSPS) is 14.5. The number of aromatic nitrogens is 2. The zero-order valence-electron chi connectivity index (χ0n) is 11.3. The van der Waals surface area contributed by atoms with Gasteiger partial charge in [0.2, 0.25) is 5.91 Å². The van der Waals surface area contributed by atoms with E-state index >= 15 is 0 Å². The molecule has 0 radical (unpaired) electrons. The molecule has 1 saturated carbocycles. The molecule has 6 nitrogen and oxygen atoms in total. The lowest BCUT2D eigenvalue weighted by atomic mass is 9.85. The number of hydrogen-bond acceptors (Lipinski definition) is 3. The van der Waals surface area contributed by atoms with E-state index in [0.29, 0.717) is 0 Å². The van der Waals surface area contributed by atoms with Crippen molar-refractivity contribution in [3.05, 3.63) is 42.2 Å². The summed E-state index contributed by atoms with van der Waals surface area (Å²) in [5.41, 5.74) is 1.47. The first kappa shape index (κ1) is 13.4. The number of aromatic carboxylic acids is 1. The number of carbonyl (C=O) groups is 2. The Balaban J connectivity index is 1.70. The van der Waals surface area contributed by atoms with Gasteiger partial charge in [-0.1, -0.05) is 6.42 Å². The van der Waals surface area contributed by atoms with Gasteiger partial charge in [0.15, 0.2) is 5.69 Å². The van der Waals surface area contributed by atoms with Crippen LogP contribution in [0.15, 0.2) is 36.5 Å². The summed E-state index contributed by atoms with van der Waals surface area (Å²) >= 11 is 0. The molecule has 2 N–H and O–H groups in total. The number of nitrogens with zero attached hydrogens (tertiary/aromatic N) is 2. The van der Waals surface area contributed by atoms with Gasteiger partial charge in [0.1, 0.15) is 0 Å². The Labute approximate surface area is 121 Å². The number of hydrogen-bond donors (Lipinski definition) is 2. The van der Waals surface area contributed by atoms with Gasteiger partial charge >= 0.3 is 5.97 Å². The Morgan fingerprint density at radius 3 is 2.43 bits per heavy atom. The maximum Gasteiger partial charge on any atom is 0.356 e. The molecule has 3 rings (SSSR count). The second-order valence-corrected chi connectivity index (χ2v) is 5.11. The van der Waals surface area contributed by atoms with E-state index in [-0.39, 0.29) is 17.5 Å². The van der Waals surface area contributed by atoms with Crippen LogP contribution in [0.25, 0.3) is 5.69 Å². The predicted molar refractivity (Wildman–Crippen MR) is 76.5 cm³/mol. The summed E-state index contributed by atoms with van der Waals surface area (Å²) in [7, 11) is 0. The van der Waals surface area contributed by atoms with E-state index < -0.39 is 5.97 Å². The van der Waals surface area contributed by atoms with Crippen molar-refractivity contribution >= 4 is 17.6 Å². The van der Waals surface area contributed by atoms with Crippen LogP contribution >= 0.6 is 0 Å². The fourth-order valence-electron chi connectivity index (χ4n) is 2.19. The molecule has 1 heterocycles. The zero-order chi connectivity index (χ0) is 14.8. The second kappa shape index (κ2) is 5.40. The Morgan fingerprint density at radius 1 is 1.19 bits per heavy atom. The van der Waals surface area contributed by atoms with E-state index in [1.807, 2.05) is 0 Å². The summed E-state index contributed by atoms with van der Waals surface area (Å²) in [6, 6.07) is 8.58. The van der Waals surface area contributed by atoms with Crippen molar-refractivity contribution in [2.24, 2.45) is 5.92 Å². The van der Waals surface area contributed by atoms with Gasteiger partial charge in [-0.3, -0.25) is 4.79 Å². The average Bonchev–Trinajstić information content (AvgIpc) is 2.87. The Hall–Kier alpha value is -2.63. The number of nitrogens with one attached hydrogen (secondary N) is 1. The van der Waals surface area contributed by atoms with Gasteiger partial charge in [-0.25, -0.2) is 9.48 Å². The van der Waals surface area contributed by atoms with Crippen LogP contribution in [-0.2, 0) is 4.79 Å². The molecule has 0 spiro atoms. The highest BCUT2D eigenvalue weighted by Crippen LogP contribution is 2.27. The molecule has 0 atom stereocenters. The van der Waals surface area contributed by atoms with Crippen molar-refractivity contribution < 1.29 is 14.7 Å². The molecule has 6 heteroatoms. The van der Waals surface area contributed by atoms with Gasteiger partial charge < -0.3 is 10.4 Å². The van der Waals surface area contributed by atoms with Crippen molar-refractivity contribution in [1.82, 2.24) is 9.78 Å². The molecule has 0 bridgehead atoms. The molecule has 1 aromatic heterocycles. The minimum absolute atomic E-state index is 0.00244. The van der Waals surface area contributed by atoms with Crippen LogP contribution in [0, 0.1) is 5.92 Å². The lowest BCUT2D eigenvalue weighted by Gasteiger charge is -2.24. The number of anilines is 1. The molecule has 21 heavy (non-hydrogen) atoms.